The number of benzene rings is 3. The van der Waals surface area contributed by atoms with Gasteiger partial charge in [-0.2, -0.15) is 0 Å². The van der Waals surface area contributed by atoms with E-state index in [1.807, 2.05) is 39.0 Å². The first-order valence-electron chi connectivity index (χ1n) is 10.2. The van der Waals surface area contributed by atoms with Crippen LogP contribution in [0.3, 0.4) is 0 Å². The van der Waals surface area contributed by atoms with Crippen LogP contribution in [0.4, 0.5) is 8.78 Å². The van der Waals surface area contributed by atoms with Gasteiger partial charge in [0, 0.05) is 6.04 Å². The molecule has 0 aliphatic rings. The normalized spacial score (nSPS) is 12.1. The van der Waals surface area contributed by atoms with E-state index in [0.29, 0.717) is 24.7 Å². The highest BCUT2D eigenvalue weighted by Gasteiger charge is 2.19. The van der Waals surface area contributed by atoms with Crippen molar-refractivity contribution in [1.29, 1.82) is 0 Å². The van der Waals surface area contributed by atoms with E-state index in [1.54, 1.807) is 24.3 Å². The molecule has 0 amide bonds. The van der Waals surface area contributed by atoms with E-state index in [-0.39, 0.29) is 23.7 Å². The number of rotatable bonds is 9. The van der Waals surface area contributed by atoms with E-state index >= 15 is 0 Å². The van der Waals surface area contributed by atoms with Crippen molar-refractivity contribution in [2.75, 3.05) is 13.2 Å². The maximum atomic E-state index is 13.5. The lowest BCUT2D eigenvalue weighted by molar-refractivity contribution is 0.287. The van der Waals surface area contributed by atoms with Crippen molar-refractivity contribution in [3.8, 4) is 11.5 Å². The van der Waals surface area contributed by atoms with Gasteiger partial charge in [-0.3, -0.25) is 5.32 Å². The topological polar surface area (TPSA) is 30.5 Å². The van der Waals surface area contributed by atoms with Crippen molar-refractivity contribution in [1.82, 2.24) is 5.32 Å². The van der Waals surface area contributed by atoms with Crippen LogP contribution in [0.5, 0.6) is 11.5 Å². The second-order valence-corrected chi connectivity index (χ2v) is 7.00. The second-order valence-electron chi connectivity index (χ2n) is 7.00. The van der Waals surface area contributed by atoms with Crippen LogP contribution in [0.1, 0.15) is 49.5 Å². The van der Waals surface area contributed by atoms with E-state index < -0.39 is 0 Å². The molecule has 0 aromatic heterocycles. The Morgan fingerprint density at radius 1 is 0.700 bits per heavy atom. The first-order chi connectivity index (χ1) is 14.5. The number of halogens is 2. The second kappa shape index (κ2) is 10.2. The predicted molar refractivity (Wildman–Crippen MR) is 115 cm³/mol. The summed E-state index contributed by atoms with van der Waals surface area (Å²) in [5.41, 5.74) is 2.81. The number of hydrogen-bond donors (Lipinski definition) is 1. The molecule has 0 aliphatic heterocycles. The average Bonchev–Trinajstić information content (AvgIpc) is 2.75. The molecular formula is C25H27F2NO2. The first kappa shape index (κ1) is 21.8. The van der Waals surface area contributed by atoms with E-state index in [2.05, 4.69) is 5.32 Å². The Bertz CT molecular complexity index is 897. The van der Waals surface area contributed by atoms with Crippen LogP contribution in [-0.4, -0.2) is 13.2 Å². The molecule has 3 rings (SSSR count). The molecule has 3 aromatic rings. The van der Waals surface area contributed by atoms with Crippen LogP contribution in [-0.2, 0) is 0 Å². The highest BCUT2D eigenvalue weighted by Crippen LogP contribution is 2.32. The molecule has 5 heteroatoms. The molecule has 0 saturated heterocycles. The smallest absolute Gasteiger partial charge is 0.161 e. The highest BCUT2D eigenvalue weighted by molar-refractivity contribution is 5.44. The molecule has 0 bridgehead atoms. The third-order valence-electron chi connectivity index (χ3n) is 4.89. The van der Waals surface area contributed by atoms with Gasteiger partial charge in [0.25, 0.3) is 0 Å². The van der Waals surface area contributed by atoms with Crippen LogP contribution in [0, 0.1) is 11.6 Å². The van der Waals surface area contributed by atoms with Gasteiger partial charge in [-0.05, 0) is 73.9 Å². The van der Waals surface area contributed by atoms with Gasteiger partial charge in [-0.1, -0.05) is 30.3 Å². The van der Waals surface area contributed by atoms with Gasteiger partial charge in [0.1, 0.15) is 11.6 Å². The molecule has 0 fully saturated rings. The SMILES string of the molecule is CCOc1ccc([C@H](C)NC(c2ccc(F)cc2)c2ccc(F)cc2)cc1OCC. The molecule has 30 heavy (non-hydrogen) atoms. The third-order valence-corrected chi connectivity index (χ3v) is 4.89. The van der Waals surface area contributed by atoms with E-state index in [4.69, 9.17) is 9.47 Å². The molecular weight excluding hydrogens is 384 g/mol. The van der Waals surface area contributed by atoms with Crippen molar-refractivity contribution in [2.45, 2.75) is 32.9 Å². The van der Waals surface area contributed by atoms with Gasteiger partial charge in [-0.15, -0.1) is 0 Å². The minimum atomic E-state index is -0.294. The van der Waals surface area contributed by atoms with Crippen LogP contribution in [0.15, 0.2) is 66.7 Å². The van der Waals surface area contributed by atoms with E-state index in [1.165, 1.54) is 24.3 Å². The molecule has 1 atom stereocenters. The van der Waals surface area contributed by atoms with Crippen LogP contribution >= 0.6 is 0 Å². The lowest BCUT2D eigenvalue weighted by Crippen LogP contribution is -2.25. The number of ether oxygens (including phenoxy) is 2. The van der Waals surface area contributed by atoms with Crippen LogP contribution in [0.2, 0.25) is 0 Å². The van der Waals surface area contributed by atoms with Gasteiger partial charge in [0.15, 0.2) is 11.5 Å². The van der Waals surface area contributed by atoms with Crippen molar-refractivity contribution >= 4 is 0 Å². The maximum absolute atomic E-state index is 13.5. The predicted octanol–water partition coefficient (Wildman–Crippen LogP) is 6.20. The Kier molecular flexibility index (Phi) is 7.41. The summed E-state index contributed by atoms with van der Waals surface area (Å²) in [6, 6.07) is 18.3. The Balaban J connectivity index is 1.91. The fourth-order valence-electron chi connectivity index (χ4n) is 3.38. The lowest BCUT2D eigenvalue weighted by Gasteiger charge is -2.25. The van der Waals surface area contributed by atoms with Crippen molar-refractivity contribution in [3.63, 3.8) is 0 Å². The molecule has 0 radical (unpaired) electrons. The molecule has 3 nitrogen and oxygen atoms in total. The standard InChI is InChI=1S/C25H27F2NO2/c1-4-29-23-15-10-20(16-24(23)30-5-2)17(3)28-25(18-6-11-21(26)12-7-18)19-8-13-22(27)14-9-19/h6-17,25,28H,4-5H2,1-3H3/t17-/m0/s1. The lowest BCUT2D eigenvalue weighted by atomic mass is 9.96. The van der Waals surface area contributed by atoms with Crippen molar-refractivity contribution in [3.05, 3.63) is 95.1 Å². The monoisotopic (exact) mass is 411 g/mol. The fraction of sp³-hybridized carbons (Fsp3) is 0.280. The maximum Gasteiger partial charge on any atom is 0.161 e. The quantitative estimate of drug-likeness (QED) is 0.455. The summed E-state index contributed by atoms with van der Waals surface area (Å²) in [7, 11) is 0. The summed E-state index contributed by atoms with van der Waals surface area (Å²) in [6.45, 7) is 7.02. The summed E-state index contributed by atoms with van der Waals surface area (Å²) >= 11 is 0. The van der Waals surface area contributed by atoms with Gasteiger partial charge in [0.2, 0.25) is 0 Å². The Labute approximate surface area is 176 Å². The average molecular weight is 411 g/mol. The summed E-state index contributed by atoms with van der Waals surface area (Å²) in [6.07, 6.45) is 0. The molecule has 1 N–H and O–H groups in total. The molecule has 158 valence electrons. The molecule has 3 aromatic carbocycles. The van der Waals surface area contributed by atoms with E-state index in [9.17, 15) is 8.78 Å². The molecule has 0 heterocycles. The highest BCUT2D eigenvalue weighted by atomic mass is 19.1. The van der Waals surface area contributed by atoms with Crippen LogP contribution < -0.4 is 14.8 Å². The van der Waals surface area contributed by atoms with Crippen molar-refractivity contribution in [2.24, 2.45) is 0 Å². The summed E-state index contributed by atoms with van der Waals surface area (Å²) in [5.74, 6) is 0.824. The van der Waals surface area contributed by atoms with Crippen LogP contribution in [0.25, 0.3) is 0 Å². The van der Waals surface area contributed by atoms with Gasteiger partial charge in [0.05, 0.1) is 19.3 Å². The number of hydrogen-bond acceptors (Lipinski definition) is 3. The Hall–Kier alpha value is -2.92. The zero-order chi connectivity index (χ0) is 21.5. The summed E-state index contributed by atoms with van der Waals surface area (Å²) in [5, 5.41) is 3.58. The van der Waals surface area contributed by atoms with Gasteiger partial charge >= 0.3 is 0 Å². The van der Waals surface area contributed by atoms with Crippen molar-refractivity contribution < 1.29 is 18.3 Å². The molecule has 0 spiro atoms. The minimum absolute atomic E-state index is 0.0556. The summed E-state index contributed by atoms with van der Waals surface area (Å²) in [4.78, 5) is 0. The van der Waals surface area contributed by atoms with E-state index in [0.717, 1.165) is 16.7 Å². The number of nitrogens with one attached hydrogen (secondary N) is 1. The Morgan fingerprint density at radius 3 is 1.67 bits per heavy atom. The first-order valence-corrected chi connectivity index (χ1v) is 10.2. The fourth-order valence-corrected chi connectivity index (χ4v) is 3.38. The Morgan fingerprint density at radius 2 is 1.17 bits per heavy atom. The van der Waals surface area contributed by atoms with Gasteiger partial charge in [-0.25, -0.2) is 8.78 Å². The third kappa shape index (κ3) is 5.36. The summed E-state index contributed by atoms with van der Waals surface area (Å²) < 4.78 is 38.3. The zero-order valence-corrected chi connectivity index (χ0v) is 17.5. The molecule has 0 saturated carbocycles. The molecule has 0 unspecified atom stereocenters. The zero-order valence-electron chi connectivity index (χ0n) is 17.5. The molecule has 0 aliphatic carbocycles. The largest absolute Gasteiger partial charge is 0.490 e. The minimum Gasteiger partial charge on any atom is -0.490 e. The van der Waals surface area contributed by atoms with Gasteiger partial charge < -0.3 is 9.47 Å².